The van der Waals surface area contributed by atoms with E-state index in [1.165, 1.54) is 23.6 Å². The average Bonchev–Trinajstić information content (AvgIpc) is 2.92. The number of hydrogen-bond acceptors (Lipinski definition) is 5. The van der Waals surface area contributed by atoms with E-state index in [0.29, 0.717) is 5.65 Å². The van der Waals surface area contributed by atoms with E-state index in [4.69, 9.17) is 27.9 Å². The largest absolute Gasteiger partial charge is 0.495 e. The van der Waals surface area contributed by atoms with Crippen molar-refractivity contribution in [3.05, 3.63) is 46.6 Å². The molecule has 2 aromatic heterocycles. The van der Waals surface area contributed by atoms with Gasteiger partial charge in [0.1, 0.15) is 15.7 Å². The van der Waals surface area contributed by atoms with Crippen LogP contribution < -0.4 is 9.46 Å². The van der Waals surface area contributed by atoms with Crippen molar-refractivity contribution in [2.75, 3.05) is 11.8 Å². The number of ether oxygens (including phenoxy) is 1. The maximum Gasteiger partial charge on any atom is 0.265 e. The van der Waals surface area contributed by atoms with Crippen molar-refractivity contribution in [2.24, 2.45) is 0 Å². The number of nitrogens with one attached hydrogen (secondary N) is 1. The molecule has 3 aromatic rings. The molecule has 120 valence electrons. The third kappa shape index (κ3) is 2.80. The fourth-order valence-electron chi connectivity index (χ4n) is 1.97. The van der Waals surface area contributed by atoms with Crippen LogP contribution in [0.25, 0.3) is 5.65 Å². The predicted octanol–water partition coefficient (Wildman–Crippen LogP) is 2.85. The van der Waals surface area contributed by atoms with Crippen molar-refractivity contribution in [1.82, 2.24) is 14.6 Å². The Balaban J connectivity index is 2.04. The Kier molecular flexibility index (Phi) is 4.05. The van der Waals surface area contributed by atoms with Crippen molar-refractivity contribution >= 4 is 44.8 Å². The fourth-order valence-corrected chi connectivity index (χ4v) is 3.80. The Hall–Kier alpha value is -2.03. The van der Waals surface area contributed by atoms with Gasteiger partial charge in [0, 0.05) is 6.20 Å². The molecule has 0 atom stereocenters. The second kappa shape index (κ2) is 5.88. The van der Waals surface area contributed by atoms with Crippen LogP contribution in [0.3, 0.4) is 0 Å². The summed E-state index contributed by atoms with van der Waals surface area (Å²) in [6.07, 6.45) is 1.63. The van der Waals surface area contributed by atoms with E-state index in [9.17, 15) is 8.42 Å². The number of aromatic nitrogens is 3. The first-order valence-electron chi connectivity index (χ1n) is 6.28. The number of rotatable bonds is 4. The number of pyridine rings is 1. The minimum absolute atomic E-state index is 0.0168. The molecular formula is C13H10Cl2N4O3S. The molecule has 0 aliphatic heterocycles. The van der Waals surface area contributed by atoms with Crippen molar-refractivity contribution in [3.8, 4) is 5.75 Å². The van der Waals surface area contributed by atoms with Gasteiger partial charge >= 0.3 is 0 Å². The van der Waals surface area contributed by atoms with Crippen LogP contribution in [0, 0.1) is 0 Å². The van der Waals surface area contributed by atoms with Crippen molar-refractivity contribution in [1.29, 1.82) is 0 Å². The van der Waals surface area contributed by atoms with Crippen molar-refractivity contribution < 1.29 is 13.2 Å². The number of methoxy groups -OCH3 is 1. The van der Waals surface area contributed by atoms with Crippen LogP contribution in [-0.4, -0.2) is 30.1 Å². The first kappa shape index (κ1) is 15.9. The Morgan fingerprint density at radius 1 is 1.13 bits per heavy atom. The molecule has 0 saturated heterocycles. The molecule has 0 spiro atoms. The minimum Gasteiger partial charge on any atom is -0.495 e. The zero-order valence-electron chi connectivity index (χ0n) is 11.7. The van der Waals surface area contributed by atoms with Gasteiger partial charge in [-0.2, -0.15) is 0 Å². The average molecular weight is 373 g/mol. The lowest BCUT2D eigenvalue weighted by Crippen LogP contribution is -2.15. The zero-order chi connectivity index (χ0) is 16.6. The molecule has 1 aromatic carbocycles. The standard InChI is InChI=1S/C13H10Cl2N4O3S/c1-22-8-5-6-9(12(15)11(8)14)23(20,21)18-13-17-16-10-4-2-3-7-19(10)13/h2-7H,1H3,(H,17,18). The van der Waals surface area contributed by atoms with Crippen molar-refractivity contribution in [3.63, 3.8) is 0 Å². The Morgan fingerprint density at radius 3 is 2.65 bits per heavy atom. The van der Waals surface area contributed by atoms with Crippen LogP contribution in [0.15, 0.2) is 41.4 Å². The summed E-state index contributed by atoms with van der Waals surface area (Å²) in [5.74, 6) is 0.326. The summed E-state index contributed by atoms with van der Waals surface area (Å²) in [7, 11) is -2.59. The van der Waals surface area contributed by atoms with Gasteiger partial charge in [-0.1, -0.05) is 29.3 Å². The maximum atomic E-state index is 12.5. The van der Waals surface area contributed by atoms with E-state index < -0.39 is 10.0 Å². The van der Waals surface area contributed by atoms with E-state index >= 15 is 0 Å². The van der Waals surface area contributed by atoms with E-state index in [-0.39, 0.29) is 26.6 Å². The number of benzene rings is 1. The van der Waals surface area contributed by atoms with E-state index in [1.54, 1.807) is 24.4 Å². The summed E-state index contributed by atoms with van der Waals surface area (Å²) in [5, 5.41) is 7.57. The normalized spacial score (nSPS) is 11.6. The lowest BCUT2D eigenvalue weighted by atomic mass is 10.3. The number of hydrogen-bond donors (Lipinski definition) is 1. The highest BCUT2D eigenvalue weighted by Gasteiger charge is 2.23. The molecule has 23 heavy (non-hydrogen) atoms. The lowest BCUT2D eigenvalue weighted by Gasteiger charge is -2.11. The second-order valence-corrected chi connectivity index (χ2v) is 6.86. The van der Waals surface area contributed by atoms with Gasteiger partial charge in [0.25, 0.3) is 10.0 Å². The fraction of sp³-hybridized carbons (Fsp3) is 0.0769. The van der Waals surface area contributed by atoms with E-state index in [0.717, 1.165) is 0 Å². The summed E-state index contributed by atoms with van der Waals surface area (Å²) in [6.45, 7) is 0. The molecule has 3 rings (SSSR count). The number of halogens is 2. The summed E-state index contributed by atoms with van der Waals surface area (Å²) in [4.78, 5) is -0.183. The lowest BCUT2D eigenvalue weighted by molar-refractivity contribution is 0.414. The third-order valence-corrected chi connectivity index (χ3v) is 5.41. The van der Waals surface area contributed by atoms with Gasteiger partial charge in [-0.3, -0.25) is 4.40 Å². The monoisotopic (exact) mass is 372 g/mol. The molecule has 1 N–H and O–H groups in total. The summed E-state index contributed by atoms with van der Waals surface area (Å²) in [6, 6.07) is 7.92. The maximum absolute atomic E-state index is 12.5. The molecule has 0 aliphatic rings. The first-order valence-corrected chi connectivity index (χ1v) is 8.52. The molecule has 0 bridgehead atoms. The second-order valence-electron chi connectivity index (χ2n) is 4.45. The van der Waals surface area contributed by atoms with Gasteiger partial charge in [0.05, 0.1) is 12.1 Å². The zero-order valence-corrected chi connectivity index (χ0v) is 14.0. The van der Waals surface area contributed by atoms with Gasteiger partial charge in [-0.15, -0.1) is 10.2 Å². The van der Waals surface area contributed by atoms with Crippen LogP contribution in [0.4, 0.5) is 5.95 Å². The Bertz CT molecular complexity index is 988. The highest BCUT2D eigenvalue weighted by molar-refractivity contribution is 7.92. The van der Waals surface area contributed by atoms with Gasteiger partial charge in [-0.25, -0.2) is 13.1 Å². The first-order chi connectivity index (χ1) is 10.9. The number of fused-ring (bicyclic) bond motifs is 1. The Labute approximate surface area is 141 Å². The SMILES string of the molecule is COc1ccc(S(=O)(=O)Nc2nnc3ccccn23)c(Cl)c1Cl. The highest BCUT2D eigenvalue weighted by atomic mass is 35.5. The van der Waals surface area contributed by atoms with Gasteiger partial charge in [0.2, 0.25) is 5.95 Å². The molecule has 0 aliphatic carbocycles. The van der Waals surface area contributed by atoms with E-state index in [1.807, 2.05) is 0 Å². The number of nitrogens with zero attached hydrogens (tertiary/aromatic N) is 3. The van der Waals surface area contributed by atoms with Crippen LogP contribution in [0.1, 0.15) is 0 Å². The highest BCUT2D eigenvalue weighted by Crippen LogP contribution is 2.37. The summed E-state index contributed by atoms with van der Waals surface area (Å²) < 4.78 is 33.9. The van der Waals surface area contributed by atoms with E-state index in [2.05, 4.69) is 14.9 Å². The van der Waals surface area contributed by atoms with Gasteiger partial charge in [-0.05, 0) is 24.3 Å². The van der Waals surface area contributed by atoms with Crippen LogP contribution in [0.2, 0.25) is 10.0 Å². The minimum atomic E-state index is -4.00. The molecule has 10 heteroatoms. The van der Waals surface area contributed by atoms with Crippen molar-refractivity contribution in [2.45, 2.75) is 4.90 Å². The molecule has 2 heterocycles. The van der Waals surface area contributed by atoms with Gasteiger partial charge in [0.15, 0.2) is 5.65 Å². The smallest absolute Gasteiger partial charge is 0.265 e. The number of anilines is 1. The molecule has 7 nitrogen and oxygen atoms in total. The molecule has 0 amide bonds. The third-order valence-electron chi connectivity index (χ3n) is 3.06. The Morgan fingerprint density at radius 2 is 1.91 bits per heavy atom. The van der Waals surface area contributed by atoms with Crippen LogP contribution in [-0.2, 0) is 10.0 Å². The quantitative estimate of drug-likeness (QED) is 0.760. The van der Waals surface area contributed by atoms with Crippen LogP contribution >= 0.6 is 23.2 Å². The molecule has 0 saturated carbocycles. The number of sulfonamides is 1. The predicted molar refractivity (Wildman–Crippen MR) is 86.8 cm³/mol. The van der Waals surface area contributed by atoms with Crippen LogP contribution in [0.5, 0.6) is 5.75 Å². The molecule has 0 fully saturated rings. The van der Waals surface area contributed by atoms with Gasteiger partial charge < -0.3 is 4.74 Å². The molecular weight excluding hydrogens is 363 g/mol. The summed E-state index contributed by atoms with van der Waals surface area (Å²) in [5.41, 5.74) is 0.504. The molecule has 0 unspecified atom stereocenters. The molecule has 0 radical (unpaired) electrons. The summed E-state index contributed by atoms with van der Waals surface area (Å²) >= 11 is 12.0. The topological polar surface area (TPSA) is 85.6 Å².